The van der Waals surface area contributed by atoms with Crippen LogP contribution in [-0.4, -0.2) is 35.8 Å². The Balaban J connectivity index is 1.23. The topological polar surface area (TPSA) is 113 Å². The Kier molecular flexibility index (Phi) is 7.44. The number of anilines is 1. The lowest BCUT2D eigenvalue weighted by Crippen LogP contribution is -2.50. The number of ether oxygens (including phenoxy) is 1. The molecule has 1 saturated heterocycles. The molecular formula is C25H26N4O5. The Labute approximate surface area is 197 Å². The Morgan fingerprint density at radius 2 is 1.68 bits per heavy atom. The van der Waals surface area contributed by atoms with Crippen LogP contribution in [0.3, 0.4) is 0 Å². The van der Waals surface area contributed by atoms with E-state index in [1.165, 1.54) is 6.07 Å². The molecule has 0 aliphatic carbocycles. The molecule has 9 heteroatoms. The fraction of sp³-hybridized carbons (Fsp3) is 0.240. The molecule has 2 heterocycles. The van der Waals surface area contributed by atoms with E-state index in [0.29, 0.717) is 36.6 Å². The minimum Gasteiger partial charge on any atom is -0.486 e. The van der Waals surface area contributed by atoms with Crippen LogP contribution < -0.4 is 20.9 Å². The number of carbonyl (C=O) groups is 3. The molecule has 34 heavy (non-hydrogen) atoms. The molecule has 1 aliphatic rings. The number of nitrogens with zero attached hydrogens (tertiary/aromatic N) is 1. The van der Waals surface area contributed by atoms with E-state index in [2.05, 4.69) is 16.2 Å². The van der Waals surface area contributed by atoms with Gasteiger partial charge >= 0.3 is 11.9 Å². The summed E-state index contributed by atoms with van der Waals surface area (Å²) in [6.45, 7) is 1.00. The maximum Gasteiger partial charge on any atom is 0.321 e. The van der Waals surface area contributed by atoms with Gasteiger partial charge < -0.3 is 19.4 Å². The van der Waals surface area contributed by atoms with Gasteiger partial charge in [0.2, 0.25) is 5.91 Å². The highest BCUT2D eigenvalue weighted by atomic mass is 16.5. The van der Waals surface area contributed by atoms with E-state index < -0.39 is 11.8 Å². The first kappa shape index (κ1) is 22.9. The molecule has 0 spiro atoms. The molecule has 0 unspecified atom stereocenters. The van der Waals surface area contributed by atoms with Gasteiger partial charge in [-0.3, -0.25) is 20.4 Å². The number of furan rings is 1. The van der Waals surface area contributed by atoms with Crippen molar-refractivity contribution >= 4 is 23.5 Å². The highest BCUT2D eigenvalue weighted by molar-refractivity contribution is 5.93. The van der Waals surface area contributed by atoms with Crippen molar-refractivity contribution < 1.29 is 23.5 Å². The summed E-state index contributed by atoms with van der Waals surface area (Å²) in [5.74, 6) is -0.135. The highest BCUT2D eigenvalue weighted by Crippen LogP contribution is 2.18. The van der Waals surface area contributed by atoms with E-state index in [-0.39, 0.29) is 30.9 Å². The number of hydrogen-bond acceptors (Lipinski definition) is 5. The van der Waals surface area contributed by atoms with Gasteiger partial charge in [-0.05, 0) is 49.2 Å². The molecule has 1 fully saturated rings. The van der Waals surface area contributed by atoms with Crippen LogP contribution in [0.4, 0.5) is 10.5 Å². The first-order valence-corrected chi connectivity index (χ1v) is 11.1. The van der Waals surface area contributed by atoms with Crippen molar-refractivity contribution in [3.05, 3.63) is 84.3 Å². The smallest absolute Gasteiger partial charge is 0.321 e. The number of urea groups is 1. The Hall–Kier alpha value is -4.27. The first-order chi connectivity index (χ1) is 16.6. The first-order valence-electron chi connectivity index (χ1n) is 11.1. The zero-order valence-electron chi connectivity index (χ0n) is 18.5. The fourth-order valence-corrected chi connectivity index (χ4v) is 3.63. The summed E-state index contributed by atoms with van der Waals surface area (Å²) in [6.07, 6.45) is 1.32. The van der Waals surface area contributed by atoms with Crippen LogP contribution in [-0.2, 0) is 11.4 Å². The minimum absolute atomic E-state index is 0.0551. The molecule has 0 saturated carbocycles. The molecule has 1 aromatic heterocycles. The van der Waals surface area contributed by atoms with Gasteiger partial charge in [0.05, 0.1) is 5.92 Å². The van der Waals surface area contributed by atoms with E-state index in [9.17, 15) is 14.4 Å². The average molecular weight is 463 g/mol. The van der Waals surface area contributed by atoms with Crippen molar-refractivity contribution in [2.75, 3.05) is 18.4 Å². The van der Waals surface area contributed by atoms with Crippen molar-refractivity contribution in [1.82, 2.24) is 15.8 Å². The molecule has 4 amide bonds. The van der Waals surface area contributed by atoms with Gasteiger partial charge in [0.15, 0.2) is 5.76 Å². The zero-order chi connectivity index (χ0) is 23.8. The third-order valence-electron chi connectivity index (χ3n) is 5.41. The lowest BCUT2D eigenvalue weighted by atomic mass is 9.98. The van der Waals surface area contributed by atoms with Crippen LogP contribution in [0.15, 0.2) is 77.2 Å². The summed E-state index contributed by atoms with van der Waals surface area (Å²) < 4.78 is 11.1. The predicted molar refractivity (Wildman–Crippen MR) is 125 cm³/mol. The lowest BCUT2D eigenvalue weighted by molar-refractivity contribution is -0.127. The fourth-order valence-electron chi connectivity index (χ4n) is 3.63. The summed E-state index contributed by atoms with van der Waals surface area (Å²) in [5.41, 5.74) is 5.51. The second kappa shape index (κ2) is 11.0. The van der Waals surface area contributed by atoms with Crippen molar-refractivity contribution in [2.45, 2.75) is 19.4 Å². The molecule has 1 aliphatic heterocycles. The van der Waals surface area contributed by atoms with Gasteiger partial charge in [-0.25, -0.2) is 4.79 Å². The number of carbonyl (C=O) groups excluding carboxylic acids is 3. The molecule has 0 bridgehead atoms. The second-order valence-electron chi connectivity index (χ2n) is 7.89. The van der Waals surface area contributed by atoms with E-state index in [4.69, 9.17) is 9.15 Å². The van der Waals surface area contributed by atoms with Gasteiger partial charge in [0.25, 0.3) is 0 Å². The molecule has 176 valence electrons. The number of para-hydroxylation sites is 2. The number of rotatable bonds is 6. The third kappa shape index (κ3) is 6.16. The largest absolute Gasteiger partial charge is 0.486 e. The van der Waals surface area contributed by atoms with Crippen LogP contribution >= 0.6 is 0 Å². The number of piperidine rings is 1. The highest BCUT2D eigenvalue weighted by Gasteiger charge is 2.29. The SMILES string of the molecule is O=C(NNC(=O)[C@H]1CCCN(C(=O)Nc2ccccc2)C1)c1ccc(COc2ccccc2)o1. The molecule has 1 atom stereocenters. The average Bonchev–Trinajstić information content (AvgIpc) is 3.36. The predicted octanol–water partition coefficient (Wildman–Crippen LogP) is 3.56. The van der Waals surface area contributed by atoms with Gasteiger partial charge in [0, 0.05) is 18.8 Å². The summed E-state index contributed by atoms with van der Waals surface area (Å²) in [7, 11) is 0. The van der Waals surface area contributed by atoms with E-state index in [1.54, 1.807) is 23.1 Å². The van der Waals surface area contributed by atoms with Crippen LogP contribution in [0.5, 0.6) is 5.75 Å². The lowest BCUT2D eigenvalue weighted by Gasteiger charge is -2.32. The Morgan fingerprint density at radius 1 is 0.941 bits per heavy atom. The Bertz CT molecular complexity index is 1120. The molecule has 0 radical (unpaired) electrons. The number of nitrogens with one attached hydrogen (secondary N) is 3. The second-order valence-corrected chi connectivity index (χ2v) is 7.89. The number of benzene rings is 2. The van der Waals surface area contributed by atoms with E-state index >= 15 is 0 Å². The maximum absolute atomic E-state index is 12.6. The van der Waals surface area contributed by atoms with Gasteiger partial charge in [-0.15, -0.1) is 0 Å². The Morgan fingerprint density at radius 3 is 2.44 bits per heavy atom. The van der Waals surface area contributed by atoms with Crippen molar-refractivity contribution in [2.24, 2.45) is 5.92 Å². The van der Waals surface area contributed by atoms with E-state index in [0.717, 1.165) is 0 Å². The van der Waals surface area contributed by atoms with Crippen molar-refractivity contribution in [3.8, 4) is 5.75 Å². The zero-order valence-corrected chi connectivity index (χ0v) is 18.5. The molecule has 9 nitrogen and oxygen atoms in total. The standard InChI is InChI=1S/C25H26N4O5/c30-23(18-8-7-15-29(16-18)25(32)26-19-9-3-1-4-10-19)27-28-24(31)22-14-13-21(34-22)17-33-20-11-5-2-6-12-20/h1-6,9-14,18H,7-8,15-17H2,(H,26,32)(H,27,30)(H,28,31)/t18-/m0/s1. The van der Waals surface area contributed by atoms with Gasteiger partial charge in [0.1, 0.15) is 18.1 Å². The van der Waals surface area contributed by atoms with Gasteiger partial charge in [-0.2, -0.15) is 0 Å². The number of amides is 4. The number of likely N-dealkylation sites (tertiary alicyclic amines) is 1. The quantitative estimate of drug-likeness (QED) is 0.485. The monoisotopic (exact) mass is 462 g/mol. The minimum atomic E-state index is -0.575. The molecule has 2 aromatic carbocycles. The summed E-state index contributed by atoms with van der Waals surface area (Å²) in [4.78, 5) is 39.1. The molecule has 4 rings (SSSR count). The van der Waals surface area contributed by atoms with Crippen LogP contribution in [0.1, 0.15) is 29.2 Å². The molecular weight excluding hydrogens is 436 g/mol. The molecule has 3 aromatic rings. The van der Waals surface area contributed by atoms with E-state index in [1.807, 2.05) is 48.5 Å². The normalized spacial score (nSPS) is 15.3. The number of hydrogen-bond donors (Lipinski definition) is 3. The summed E-state index contributed by atoms with van der Waals surface area (Å²) >= 11 is 0. The number of hydrazine groups is 1. The van der Waals surface area contributed by atoms with Gasteiger partial charge in [-0.1, -0.05) is 36.4 Å². The van der Waals surface area contributed by atoms with Crippen molar-refractivity contribution in [3.63, 3.8) is 0 Å². The van der Waals surface area contributed by atoms with Crippen LogP contribution in [0.25, 0.3) is 0 Å². The third-order valence-corrected chi connectivity index (χ3v) is 5.41. The van der Waals surface area contributed by atoms with Crippen LogP contribution in [0.2, 0.25) is 0 Å². The summed E-state index contributed by atoms with van der Waals surface area (Å²) in [6, 6.07) is 21.3. The maximum atomic E-state index is 12.6. The summed E-state index contributed by atoms with van der Waals surface area (Å²) in [5, 5.41) is 2.83. The van der Waals surface area contributed by atoms with Crippen LogP contribution in [0, 0.1) is 5.92 Å². The molecule has 3 N–H and O–H groups in total. The van der Waals surface area contributed by atoms with Crippen molar-refractivity contribution in [1.29, 1.82) is 0 Å².